The summed E-state index contributed by atoms with van der Waals surface area (Å²) in [4.78, 5) is 31.6. The van der Waals surface area contributed by atoms with E-state index in [0.717, 1.165) is 48.3 Å². The molecule has 4 aliphatic rings. The SMILES string of the molecule is CC(C)(C)OC(=O)c1ccc(-n2ccc(OCCC(C3CC3)C3CC3)n2)nc1Cl.O=C(O)c1ccc(-n2ccc(OCCC(C3CC3)C3CC3)n2)nc1Cl. The summed E-state index contributed by atoms with van der Waals surface area (Å²) in [5.74, 6) is 5.86. The molecule has 0 amide bonds. The number of ether oxygens (including phenoxy) is 3. The normalized spacial score (nSPS) is 16.9. The van der Waals surface area contributed by atoms with Gasteiger partial charge in [-0.25, -0.2) is 28.9 Å². The Labute approximate surface area is 325 Å². The summed E-state index contributed by atoms with van der Waals surface area (Å²) in [6, 6.07) is 9.90. The number of hydrogen-bond donors (Lipinski definition) is 1. The molecule has 4 aromatic heterocycles. The lowest BCUT2D eigenvalue weighted by Crippen LogP contribution is -2.24. The second-order valence-corrected chi connectivity index (χ2v) is 16.7. The molecule has 4 aliphatic carbocycles. The predicted octanol–water partition coefficient (Wildman–Crippen LogP) is 8.91. The van der Waals surface area contributed by atoms with Gasteiger partial charge in [-0.2, -0.15) is 0 Å². The van der Waals surface area contributed by atoms with Gasteiger partial charge in [0.2, 0.25) is 11.8 Å². The molecule has 0 aromatic carbocycles. The fourth-order valence-corrected chi connectivity index (χ4v) is 7.64. The maximum Gasteiger partial charge on any atom is 0.341 e. The fourth-order valence-electron chi connectivity index (χ4n) is 7.18. The minimum Gasteiger partial charge on any atom is -0.478 e. The molecule has 0 radical (unpaired) electrons. The zero-order valence-electron chi connectivity index (χ0n) is 31.0. The van der Waals surface area contributed by atoms with Crippen molar-refractivity contribution in [3.05, 3.63) is 70.2 Å². The predicted molar refractivity (Wildman–Crippen MR) is 203 cm³/mol. The average molecular weight is 780 g/mol. The van der Waals surface area contributed by atoms with Gasteiger partial charge in [-0.15, -0.1) is 10.2 Å². The van der Waals surface area contributed by atoms with E-state index >= 15 is 0 Å². The minimum atomic E-state index is -1.10. The molecule has 288 valence electrons. The number of pyridine rings is 2. The summed E-state index contributed by atoms with van der Waals surface area (Å²) in [7, 11) is 0. The van der Waals surface area contributed by atoms with Crippen molar-refractivity contribution in [2.75, 3.05) is 13.2 Å². The van der Waals surface area contributed by atoms with E-state index in [0.29, 0.717) is 36.6 Å². The molecule has 0 saturated heterocycles. The van der Waals surface area contributed by atoms with Crippen LogP contribution in [0.25, 0.3) is 11.6 Å². The average Bonchev–Trinajstić information content (AvgIpc) is 3.91. The van der Waals surface area contributed by atoms with Gasteiger partial charge in [-0.3, -0.25) is 0 Å². The van der Waals surface area contributed by atoms with Crippen LogP contribution < -0.4 is 9.47 Å². The maximum atomic E-state index is 12.2. The zero-order chi connectivity index (χ0) is 38.0. The molecule has 4 heterocycles. The van der Waals surface area contributed by atoms with Gasteiger partial charge >= 0.3 is 11.9 Å². The van der Waals surface area contributed by atoms with E-state index in [4.69, 9.17) is 42.5 Å². The molecule has 12 nitrogen and oxygen atoms in total. The van der Waals surface area contributed by atoms with Crippen LogP contribution in [0.2, 0.25) is 10.3 Å². The Bertz CT molecular complexity index is 1920. The molecule has 0 spiro atoms. The molecule has 0 atom stereocenters. The highest BCUT2D eigenvalue weighted by atomic mass is 35.5. The first kappa shape index (κ1) is 38.1. The van der Waals surface area contributed by atoms with Crippen LogP contribution in [0.3, 0.4) is 0 Å². The highest BCUT2D eigenvalue weighted by molar-refractivity contribution is 6.32. The topological polar surface area (TPSA) is 143 Å². The molecule has 1 N–H and O–H groups in total. The Balaban J connectivity index is 0.000000168. The lowest BCUT2D eigenvalue weighted by atomic mass is 9.95. The zero-order valence-corrected chi connectivity index (χ0v) is 32.5. The van der Waals surface area contributed by atoms with Gasteiger partial charge in [-0.05, 0) is 145 Å². The van der Waals surface area contributed by atoms with Crippen LogP contribution in [-0.2, 0) is 4.74 Å². The molecule has 4 fully saturated rings. The van der Waals surface area contributed by atoms with Gasteiger partial charge < -0.3 is 19.3 Å². The smallest absolute Gasteiger partial charge is 0.341 e. The van der Waals surface area contributed by atoms with Gasteiger partial charge in [0.25, 0.3) is 0 Å². The van der Waals surface area contributed by atoms with E-state index in [2.05, 4.69) is 20.2 Å². The molecule has 4 saturated carbocycles. The van der Waals surface area contributed by atoms with Crippen LogP contribution in [0.5, 0.6) is 11.8 Å². The lowest BCUT2D eigenvalue weighted by molar-refractivity contribution is 0.00690. The number of carbonyl (C=O) groups excluding carboxylic acids is 1. The standard InChI is InChI=1S/C22H28ClN3O3.C18H20ClN3O3/c1-22(2,3)29-21(27)17-8-9-18(24-20(17)23)26-12-10-19(25-26)28-13-11-16(14-4-5-14)15-6-7-15;19-17-14(18(23)24)5-6-15(20-17)22-9-7-16(21-22)25-10-8-13(11-1-2-11)12-3-4-12/h8-10,12,14-16H,4-7,11,13H2,1-3H3;5-7,9,11-13H,1-4,8,10H2,(H,23,24). The Morgan fingerprint density at radius 3 is 1.46 bits per heavy atom. The number of halogens is 2. The molecule has 14 heteroatoms. The molecule has 8 rings (SSSR count). The Kier molecular flexibility index (Phi) is 11.5. The summed E-state index contributed by atoms with van der Waals surface area (Å²) in [6.07, 6.45) is 16.8. The molecule has 0 bridgehead atoms. The largest absolute Gasteiger partial charge is 0.478 e. The van der Waals surface area contributed by atoms with Crippen LogP contribution >= 0.6 is 23.2 Å². The first-order chi connectivity index (χ1) is 25.9. The summed E-state index contributed by atoms with van der Waals surface area (Å²) >= 11 is 12.1. The van der Waals surface area contributed by atoms with Crippen LogP contribution in [0.1, 0.15) is 106 Å². The van der Waals surface area contributed by atoms with E-state index < -0.39 is 17.5 Å². The quantitative estimate of drug-likeness (QED) is 0.0865. The lowest BCUT2D eigenvalue weighted by Gasteiger charge is -2.19. The van der Waals surface area contributed by atoms with Gasteiger partial charge in [0, 0.05) is 24.5 Å². The third-order valence-electron chi connectivity index (χ3n) is 10.4. The summed E-state index contributed by atoms with van der Waals surface area (Å²) < 4.78 is 20.2. The van der Waals surface area contributed by atoms with Crippen LogP contribution in [-0.4, -0.2) is 65.4 Å². The maximum absolute atomic E-state index is 12.2. The van der Waals surface area contributed by atoms with Gasteiger partial charge in [0.15, 0.2) is 11.6 Å². The van der Waals surface area contributed by atoms with Crippen molar-refractivity contribution in [3.8, 4) is 23.4 Å². The number of aromatic nitrogens is 6. The van der Waals surface area contributed by atoms with Crippen molar-refractivity contribution in [1.82, 2.24) is 29.5 Å². The van der Waals surface area contributed by atoms with Crippen molar-refractivity contribution in [1.29, 1.82) is 0 Å². The Hall–Kier alpha value is -4.16. The number of nitrogens with zero attached hydrogens (tertiary/aromatic N) is 6. The molecular weight excluding hydrogens is 731 g/mol. The summed E-state index contributed by atoms with van der Waals surface area (Å²) in [5, 5.41) is 17.8. The van der Waals surface area contributed by atoms with Crippen molar-refractivity contribution in [2.24, 2.45) is 35.5 Å². The Morgan fingerprint density at radius 1 is 0.704 bits per heavy atom. The molecule has 0 unspecified atom stereocenters. The fraction of sp³-hybridized carbons (Fsp3) is 0.550. The first-order valence-corrected chi connectivity index (χ1v) is 19.8. The number of esters is 1. The van der Waals surface area contributed by atoms with Crippen LogP contribution in [0, 0.1) is 35.5 Å². The molecule has 54 heavy (non-hydrogen) atoms. The van der Waals surface area contributed by atoms with Crippen molar-refractivity contribution >= 4 is 35.1 Å². The first-order valence-electron chi connectivity index (χ1n) is 19.1. The molecular formula is C40H48Cl2N6O6. The summed E-state index contributed by atoms with van der Waals surface area (Å²) in [5.41, 5.74) is -0.383. The van der Waals surface area contributed by atoms with Crippen LogP contribution in [0.4, 0.5) is 0 Å². The highest BCUT2D eigenvalue weighted by Gasteiger charge is 2.42. The molecule has 4 aromatic rings. The third-order valence-corrected chi connectivity index (χ3v) is 11.0. The van der Waals surface area contributed by atoms with Crippen molar-refractivity contribution in [2.45, 2.75) is 90.6 Å². The highest BCUT2D eigenvalue weighted by Crippen LogP contribution is 2.51. The van der Waals surface area contributed by atoms with E-state index in [-0.39, 0.29) is 21.4 Å². The van der Waals surface area contributed by atoms with Gasteiger partial charge in [0.1, 0.15) is 15.9 Å². The number of carbonyl (C=O) groups is 2. The second kappa shape index (κ2) is 16.3. The number of carboxylic acids is 1. The van der Waals surface area contributed by atoms with E-state index in [1.807, 2.05) is 26.8 Å². The third kappa shape index (κ3) is 10.3. The van der Waals surface area contributed by atoms with Crippen molar-refractivity contribution in [3.63, 3.8) is 0 Å². The monoisotopic (exact) mass is 778 g/mol. The van der Waals surface area contributed by atoms with Gasteiger partial charge in [-0.1, -0.05) is 23.2 Å². The minimum absolute atomic E-state index is 0.0276. The number of carboxylic acid groups (broad SMARTS) is 1. The summed E-state index contributed by atoms with van der Waals surface area (Å²) in [6.45, 7) is 6.80. The van der Waals surface area contributed by atoms with Crippen molar-refractivity contribution < 1.29 is 28.9 Å². The number of hydrogen-bond acceptors (Lipinski definition) is 9. The molecule has 0 aliphatic heterocycles. The van der Waals surface area contributed by atoms with Crippen LogP contribution in [0.15, 0.2) is 48.8 Å². The van der Waals surface area contributed by atoms with E-state index in [9.17, 15) is 9.59 Å². The van der Waals surface area contributed by atoms with Gasteiger partial charge in [0.05, 0.1) is 24.3 Å². The van der Waals surface area contributed by atoms with E-state index in [1.54, 1.807) is 41.3 Å². The van der Waals surface area contributed by atoms with E-state index in [1.165, 1.54) is 62.1 Å². The second-order valence-electron chi connectivity index (χ2n) is 16.0. The number of aromatic carboxylic acids is 1. The number of rotatable bonds is 16. The Morgan fingerprint density at radius 2 is 1.11 bits per heavy atom.